The minimum Gasteiger partial charge on any atom is -0.493 e. The maximum absolute atomic E-state index is 12.5. The van der Waals surface area contributed by atoms with E-state index >= 15 is 0 Å². The summed E-state index contributed by atoms with van der Waals surface area (Å²) in [4.78, 5) is 14.6. The van der Waals surface area contributed by atoms with Crippen LogP contribution < -0.4 is 14.2 Å². The highest BCUT2D eigenvalue weighted by Gasteiger charge is 2.31. The Hall–Kier alpha value is -2.48. The molecule has 2 aromatic rings. The van der Waals surface area contributed by atoms with Gasteiger partial charge < -0.3 is 14.2 Å². The van der Waals surface area contributed by atoms with Crippen molar-refractivity contribution in [1.29, 1.82) is 0 Å². The number of amides is 1. The third-order valence-electron chi connectivity index (χ3n) is 4.53. The lowest BCUT2D eigenvalue weighted by Gasteiger charge is -2.14. The molecule has 1 amide bonds. The quantitative estimate of drug-likeness (QED) is 0.192. The van der Waals surface area contributed by atoms with Crippen molar-refractivity contribution >= 4 is 51.9 Å². The number of methoxy groups -OCH3 is 1. The molecule has 0 saturated carbocycles. The molecule has 1 heterocycles. The van der Waals surface area contributed by atoms with Gasteiger partial charge in [-0.05, 0) is 60.9 Å². The van der Waals surface area contributed by atoms with Gasteiger partial charge in [-0.2, -0.15) is 0 Å². The lowest BCUT2D eigenvalue weighted by molar-refractivity contribution is -0.121. The molecule has 0 radical (unpaired) electrons. The Kier molecular flexibility index (Phi) is 8.23. The Labute approximate surface area is 203 Å². The number of ether oxygens (including phenoxy) is 3. The molecule has 0 N–H and O–H groups in total. The Morgan fingerprint density at radius 2 is 1.81 bits per heavy atom. The van der Waals surface area contributed by atoms with E-state index in [4.69, 9.17) is 38.0 Å². The van der Waals surface area contributed by atoms with Crippen LogP contribution in [0.5, 0.6) is 17.2 Å². The normalized spacial score (nSPS) is 14.8. The average molecular weight is 490 g/mol. The van der Waals surface area contributed by atoms with Crippen LogP contribution in [0, 0.1) is 13.8 Å². The Balaban J connectivity index is 1.69. The van der Waals surface area contributed by atoms with Crippen molar-refractivity contribution in [1.82, 2.24) is 4.90 Å². The van der Waals surface area contributed by atoms with Gasteiger partial charge in [-0.3, -0.25) is 9.69 Å². The fraction of sp³-hybridized carbons (Fsp3) is 0.250. The molecule has 1 fully saturated rings. The number of hydrogen-bond donors (Lipinski definition) is 0. The number of halogens is 1. The van der Waals surface area contributed by atoms with Crippen LogP contribution in [0.15, 0.2) is 47.9 Å². The standard InChI is InChI=1S/C24H24ClNO4S2/c1-5-6-26-23(27)21(32-24(26)31)14-17-12-19(25)22(20(13-17)28-4)30-8-7-29-18-10-15(2)9-16(3)11-18/h5,9-14H,1,6-8H2,2-4H3/b21-14+. The van der Waals surface area contributed by atoms with Crippen molar-refractivity contribution in [3.8, 4) is 17.2 Å². The number of carbonyl (C=O) groups is 1. The van der Waals surface area contributed by atoms with Gasteiger partial charge in [0.1, 0.15) is 23.3 Å². The van der Waals surface area contributed by atoms with E-state index in [0.717, 1.165) is 16.9 Å². The van der Waals surface area contributed by atoms with Crippen molar-refractivity contribution in [3.05, 3.63) is 69.6 Å². The van der Waals surface area contributed by atoms with E-state index in [1.807, 2.05) is 26.0 Å². The number of hydrogen-bond acceptors (Lipinski definition) is 6. The van der Waals surface area contributed by atoms with Gasteiger partial charge >= 0.3 is 0 Å². The average Bonchev–Trinajstić information content (AvgIpc) is 2.99. The van der Waals surface area contributed by atoms with Gasteiger partial charge in [0, 0.05) is 6.54 Å². The molecule has 8 heteroatoms. The third-order valence-corrected chi connectivity index (χ3v) is 6.19. The van der Waals surface area contributed by atoms with Crippen LogP contribution in [0.25, 0.3) is 6.08 Å². The molecule has 5 nitrogen and oxygen atoms in total. The van der Waals surface area contributed by atoms with Gasteiger partial charge in [0.05, 0.1) is 17.0 Å². The number of aryl methyl sites for hydroxylation is 2. The van der Waals surface area contributed by atoms with Crippen LogP contribution >= 0.6 is 35.6 Å². The van der Waals surface area contributed by atoms with Crippen LogP contribution in [0.1, 0.15) is 16.7 Å². The number of rotatable bonds is 9. The zero-order valence-electron chi connectivity index (χ0n) is 18.1. The summed E-state index contributed by atoms with van der Waals surface area (Å²) in [6.07, 6.45) is 3.38. The smallest absolute Gasteiger partial charge is 0.266 e. The summed E-state index contributed by atoms with van der Waals surface area (Å²) in [7, 11) is 1.54. The highest BCUT2D eigenvalue weighted by molar-refractivity contribution is 8.26. The van der Waals surface area contributed by atoms with Gasteiger partial charge in [0.25, 0.3) is 5.91 Å². The molecule has 3 rings (SSSR count). The number of nitrogens with zero attached hydrogens (tertiary/aromatic N) is 1. The molecule has 2 aromatic carbocycles. The van der Waals surface area contributed by atoms with E-state index in [0.29, 0.717) is 51.1 Å². The predicted octanol–water partition coefficient (Wildman–Crippen LogP) is 5.81. The number of thiocarbonyl (C=S) groups is 1. The summed E-state index contributed by atoms with van der Waals surface area (Å²) in [5.41, 5.74) is 3.00. The number of benzene rings is 2. The number of carbonyl (C=O) groups excluding carboxylic acids is 1. The minimum absolute atomic E-state index is 0.154. The molecule has 1 saturated heterocycles. The Morgan fingerprint density at radius 1 is 1.12 bits per heavy atom. The minimum atomic E-state index is -0.154. The van der Waals surface area contributed by atoms with E-state index < -0.39 is 0 Å². The summed E-state index contributed by atoms with van der Waals surface area (Å²) in [6.45, 7) is 8.75. The zero-order chi connectivity index (χ0) is 23.3. The molecule has 1 aliphatic heterocycles. The van der Waals surface area contributed by atoms with Crippen molar-refractivity contribution in [3.63, 3.8) is 0 Å². The Bertz CT molecular complexity index is 1060. The summed E-state index contributed by atoms with van der Waals surface area (Å²) in [6, 6.07) is 9.55. The molecular weight excluding hydrogens is 466 g/mol. The topological polar surface area (TPSA) is 48.0 Å². The third kappa shape index (κ3) is 5.85. The van der Waals surface area contributed by atoms with Gasteiger partial charge in [0.15, 0.2) is 11.5 Å². The molecule has 1 aliphatic rings. The first-order valence-corrected chi connectivity index (χ1v) is 11.5. The van der Waals surface area contributed by atoms with Crippen molar-refractivity contribution < 1.29 is 19.0 Å². The molecule has 0 unspecified atom stereocenters. The van der Waals surface area contributed by atoms with Gasteiger partial charge in [-0.15, -0.1) is 6.58 Å². The molecule has 0 bridgehead atoms. The summed E-state index contributed by atoms with van der Waals surface area (Å²) >= 11 is 13.0. The molecule has 0 aliphatic carbocycles. The van der Waals surface area contributed by atoms with Crippen molar-refractivity contribution in [2.45, 2.75) is 13.8 Å². The maximum atomic E-state index is 12.5. The van der Waals surface area contributed by atoms with Crippen molar-refractivity contribution in [2.75, 3.05) is 26.9 Å². The van der Waals surface area contributed by atoms with E-state index in [1.165, 1.54) is 23.8 Å². The van der Waals surface area contributed by atoms with Gasteiger partial charge in [-0.25, -0.2) is 0 Å². The highest BCUT2D eigenvalue weighted by atomic mass is 35.5. The largest absolute Gasteiger partial charge is 0.493 e. The van der Waals surface area contributed by atoms with E-state index in [-0.39, 0.29) is 5.91 Å². The molecule has 168 valence electrons. The number of thioether (sulfide) groups is 1. The first-order chi connectivity index (χ1) is 15.3. The molecule has 0 atom stereocenters. The van der Waals surface area contributed by atoms with Gasteiger partial charge in [-0.1, -0.05) is 47.7 Å². The summed E-state index contributed by atoms with van der Waals surface area (Å²) in [5, 5.41) is 0.378. The molecule has 0 aromatic heterocycles. The lowest BCUT2D eigenvalue weighted by atomic mass is 10.1. The lowest BCUT2D eigenvalue weighted by Crippen LogP contribution is -2.27. The predicted molar refractivity (Wildman–Crippen MR) is 135 cm³/mol. The first-order valence-electron chi connectivity index (χ1n) is 9.90. The van der Waals surface area contributed by atoms with Crippen LogP contribution in [-0.4, -0.2) is 42.0 Å². The molecule has 0 spiro atoms. The highest BCUT2D eigenvalue weighted by Crippen LogP contribution is 2.39. The molecule has 32 heavy (non-hydrogen) atoms. The SMILES string of the molecule is C=CCN1C(=O)/C(=C\c2cc(Cl)c(OCCOc3cc(C)cc(C)c3)c(OC)c2)SC1=S. The second kappa shape index (κ2) is 10.9. The van der Waals surface area contributed by atoms with Crippen LogP contribution in [-0.2, 0) is 4.79 Å². The van der Waals surface area contributed by atoms with Crippen molar-refractivity contribution in [2.24, 2.45) is 0 Å². The fourth-order valence-electron chi connectivity index (χ4n) is 3.22. The van der Waals surface area contributed by atoms with E-state index in [1.54, 1.807) is 24.3 Å². The Morgan fingerprint density at radius 3 is 2.47 bits per heavy atom. The maximum Gasteiger partial charge on any atom is 0.266 e. The van der Waals surface area contributed by atoms with Crippen LogP contribution in [0.4, 0.5) is 0 Å². The second-order valence-corrected chi connectivity index (χ2v) is 9.22. The summed E-state index contributed by atoms with van der Waals surface area (Å²) < 4.78 is 17.6. The van der Waals surface area contributed by atoms with Gasteiger partial charge in [0.2, 0.25) is 0 Å². The van der Waals surface area contributed by atoms with E-state index in [9.17, 15) is 4.79 Å². The van der Waals surface area contributed by atoms with E-state index in [2.05, 4.69) is 12.6 Å². The first kappa shape index (κ1) is 24.2. The second-order valence-electron chi connectivity index (χ2n) is 7.14. The summed E-state index contributed by atoms with van der Waals surface area (Å²) in [5.74, 6) is 1.54. The zero-order valence-corrected chi connectivity index (χ0v) is 20.5. The van der Waals surface area contributed by atoms with Crippen LogP contribution in [0.3, 0.4) is 0 Å². The fourth-order valence-corrected chi connectivity index (χ4v) is 4.77. The van der Waals surface area contributed by atoms with Crippen LogP contribution in [0.2, 0.25) is 5.02 Å². The monoisotopic (exact) mass is 489 g/mol. The molecular formula is C24H24ClNO4S2.